The maximum absolute atomic E-state index is 13.9. The molecule has 1 aliphatic heterocycles. The molecule has 188 valence electrons. The fourth-order valence-electron chi connectivity index (χ4n) is 5.10. The van der Waals surface area contributed by atoms with Crippen LogP contribution in [0, 0.1) is 5.82 Å². The van der Waals surface area contributed by atoms with Crippen LogP contribution in [0.2, 0.25) is 0 Å². The molecule has 0 spiro atoms. The number of carbonyl (C=O) groups excluding carboxylic acids is 2. The Labute approximate surface area is 206 Å². The average molecular weight is 483 g/mol. The van der Waals surface area contributed by atoms with E-state index in [2.05, 4.69) is 20.5 Å². The van der Waals surface area contributed by atoms with Gasteiger partial charge >= 0.3 is 6.09 Å². The number of nitrogens with one attached hydrogen (secondary N) is 2. The first kappa shape index (κ1) is 25.1. The minimum Gasteiger partial charge on any atom is -0.444 e. The second-order valence-corrected chi connectivity index (χ2v) is 10.6. The van der Waals surface area contributed by atoms with Crippen molar-refractivity contribution >= 4 is 12.0 Å². The van der Waals surface area contributed by atoms with E-state index < -0.39 is 11.7 Å². The molecule has 35 heavy (non-hydrogen) atoms. The van der Waals surface area contributed by atoms with Crippen LogP contribution in [0.25, 0.3) is 0 Å². The third kappa shape index (κ3) is 7.01. The molecule has 3 atom stereocenters. The van der Waals surface area contributed by atoms with Gasteiger partial charge in [-0.2, -0.15) is 0 Å². The van der Waals surface area contributed by atoms with E-state index in [0.29, 0.717) is 6.54 Å². The molecular weight excluding hydrogens is 447 g/mol. The molecule has 1 fully saturated rings. The van der Waals surface area contributed by atoms with Crippen molar-refractivity contribution in [3.63, 3.8) is 0 Å². The molecule has 2 heterocycles. The standard InChI is InChI=1S/C27H35FN4O3/c1-27(2,3)35-26(34)30-21-10-12-32(16-21)17-25(33)31-24-9-6-19-14-20(28)7-8-22(19)23(24)13-18-5-4-11-29-15-18/h4-5,7-8,11,14-15,21,23-24H,6,9-10,12-13,16-17H2,1-3H3,(H,30,34)(H,31,33)/t21-,23-,24+/m1/s1. The molecule has 0 radical (unpaired) electrons. The van der Waals surface area contributed by atoms with E-state index in [4.69, 9.17) is 4.74 Å². The van der Waals surface area contributed by atoms with Crippen LogP contribution in [0.15, 0.2) is 42.7 Å². The molecule has 7 nitrogen and oxygen atoms in total. The predicted molar refractivity (Wildman–Crippen MR) is 132 cm³/mol. The fourth-order valence-corrected chi connectivity index (χ4v) is 5.10. The summed E-state index contributed by atoms with van der Waals surface area (Å²) >= 11 is 0. The monoisotopic (exact) mass is 482 g/mol. The highest BCUT2D eigenvalue weighted by molar-refractivity contribution is 5.78. The molecule has 1 aromatic heterocycles. The Kier molecular flexibility index (Phi) is 7.69. The molecule has 4 rings (SSSR count). The Hall–Kier alpha value is -3.00. The number of hydrogen-bond acceptors (Lipinski definition) is 5. The molecule has 0 unspecified atom stereocenters. The van der Waals surface area contributed by atoms with E-state index in [1.54, 1.807) is 12.3 Å². The average Bonchev–Trinajstić information content (AvgIpc) is 3.20. The number of amides is 2. The normalized spacial score (nSPS) is 22.3. The summed E-state index contributed by atoms with van der Waals surface area (Å²) in [7, 11) is 0. The van der Waals surface area contributed by atoms with Crippen molar-refractivity contribution in [2.75, 3.05) is 19.6 Å². The van der Waals surface area contributed by atoms with Crippen molar-refractivity contribution in [1.82, 2.24) is 20.5 Å². The number of hydrogen-bond donors (Lipinski definition) is 2. The third-order valence-electron chi connectivity index (χ3n) is 6.60. The summed E-state index contributed by atoms with van der Waals surface area (Å²) in [6, 6.07) is 8.84. The van der Waals surface area contributed by atoms with Gasteiger partial charge in [-0.1, -0.05) is 12.1 Å². The first-order valence-corrected chi connectivity index (χ1v) is 12.3. The maximum atomic E-state index is 13.9. The first-order valence-electron chi connectivity index (χ1n) is 12.3. The van der Waals surface area contributed by atoms with Crippen LogP contribution < -0.4 is 10.6 Å². The van der Waals surface area contributed by atoms with Gasteiger partial charge in [-0.25, -0.2) is 9.18 Å². The first-order chi connectivity index (χ1) is 16.7. The fraction of sp³-hybridized carbons (Fsp3) is 0.519. The zero-order valence-electron chi connectivity index (χ0n) is 20.7. The molecule has 2 amide bonds. The SMILES string of the molecule is CC(C)(C)OC(=O)N[C@@H]1CCN(CC(=O)N[C@H]2CCc3cc(F)ccc3[C@H]2Cc2cccnc2)C1. The van der Waals surface area contributed by atoms with Crippen molar-refractivity contribution in [2.45, 2.75) is 70.1 Å². The summed E-state index contributed by atoms with van der Waals surface area (Å²) in [5.41, 5.74) is 2.65. The Morgan fingerprint density at radius 3 is 2.77 bits per heavy atom. The molecule has 2 N–H and O–H groups in total. The van der Waals surface area contributed by atoms with Gasteiger partial charge in [0.05, 0.1) is 6.54 Å². The molecule has 0 saturated carbocycles. The predicted octanol–water partition coefficient (Wildman–Crippen LogP) is 3.58. The van der Waals surface area contributed by atoms with Gasteiger partial charge in [-0.3, -0.25) is 14.7 Å². The quantitative estimate of drug-likeness (QED) is 0.658. The van der Waals surface area contributed by atoms with Gasteiger partial charge in [0.1, 0.15) is 11.4 Å². The van der Waals surface area contributed by atoms with Gasteiger partial charge in [0, 0.05) is 43.5 Å². The lowest BCUT2D eigenvalue weighted by molar-refractivity contribution is -0.123. The highest BCUT2D eigenvalue weighted by atomic mass is 19.1. The number of nitrogens with zero attached hydrogens (tertiary/aromatic N) is 2. The Morgan fingerprint density at radius 1 is 1.20 bits per heavy atom. The lowest BCUT2D eigenvalue weighted by atomic mass is 9.76. The summed E-state index contributed by atoms with van der Waals surface area (Å²) in [6.07, 6.45) is 6.15. The summed E-state index contributed by atoms with van der Waals surface area (Å²) in [5, 5.41) is 6.15. The molecule has 2 aromatic rings. The van der Waals surface area contributed by atoms with Gasteiger partial charge in [0.15, 0.2) is 0 Å². The smallest absolute Gasteiger partial charge is 0.407 e. The number of likely N-dealkylation sites (tertiary alicyclic amines) is 1. The summed E-state index contributed by atoms with van der Waals surface area (Å²) in [5.74, 6) is -0.211. The Bertz CT molecular complexity index is 1040. The minimum absolute atomic E-state index is 0.0327. The molecule has 1 aliphatic carbocycles. The van der Waals surface area contributed by atoms with Crippen LogP contribution in [0.3, 0.4) is 0 Å². The lowest BCUT2D eigenvalue weighted by Crippen LogP contribution is -2.47. The number of pyridine rings is 1. The van der Waals surface area contributed by atoms with Crippen LogP contribution in [0.4, 0.5) is 9.18 Å². The van der Waals surface area contributed by atoms with Crippen LogP contribution in [0.1, 0.15) is 56.2 Å². The number of halogens is 1. The number of carbonyl (C=O) groups is 2. The highest BCUT2D eigenvalue weighted by Crippen LogP contribution is 2.35. The largest absolute Gasteiger partial charge is 0.444 e. The van der Waals surface area contributed by atoms with Crippen LogP contribution in [-0.2, 0) is 22.4 Å². The molecule has 0 bridgehead atoms. The lowest BCUT2D eigenvalue weighted by Gasteiger charge is -2.35. The van der Waals surface area contributed by atoms with E-state index in [-0.39, 0.29) is 36.3 Å². The van der Waals surface area contributed by atoms with Crippen LogP contribution in [0.5, 0.6) is 0 Å². The minimum atomic E-state index is -0.543. The Balaban J connectivity index is 1.36. The molecule has 2 aliphatic rings. The number of aryl methyl sites for hydroxylation is 1. The number of rotatable bonds is 6. The van der Waals surface area contributed by atoms with Gasteiger partial charge in [-0.05, 0) is 81.3 Å². The van der Waals surface area contributed by atoms with Gasteiger partial charge in [-0.15, -0.1) is 0 Å². The van der Waals surface area contributed by atoms with Crippen molar-refractivity contribution in [3.05, 3.63) is 65.2 Å². The van der Waals surface area contributed by atoms with E-state index in [1.807, 2.05) is 45.2 Å². The number of aromatic nitrogens is 1. The summed E-state index contributed by atoms with van der Waals surface area (Å²) < 4.78 is 19.2. The maximum Gasteiger partial charge on any atom is 0.407 e. The van der Waals surface area contributed by atoms with Crippen molar-refractivity contribution in [2.24, 2.45) is 0 Å². The summed E-state index contributed by atoms with van der Waals surface area (Å²) in [6.45, 7) is 7.12. The zero-order chi connectivity index (χ0) is 25.0. The second kappa shape index (κ2) is 10.7. The van der Waals surface area contributed by atoms with E-state index in [1.165, 1.54) is 6.07 Å². The van der Waals surface area contributed by atoms with Crippen molar-refractivity contribution in [3.8, 4) is 0 Å². The Morgan fingerprint density at radius 2 is 2.03 bits per heavy atom. The molecular formula is C27H35FN4O3. The van der Waals surface area contributed by atoms with Gasteiger partial charge < -0.3 is 15.4 Å². The van der Waals surface area contributed by atoms with E-state index in [0.717, 1.165) is 48.9 Å². The number of benzene rings is 1. The van der Waals surface area contributed by atoms with E-state index >= 15 is 0 Å². The van der Waals surface area contributed by atoms with Crippen LogP contribution >= 0.6 is 0 Å². The highest BCUT2D eigenvalue weighted by Gasteiger charge is 2.32. The molecule has 8 heteroatoms. The number of ether oxygens (including phenoxy) is 1. The van der Waals surface area contributed by atoms with Gasteiger partial charge in [0.25, 0.3) is 0 Å². The third-order valence-corrected chi connectivity index (χ3v) is 6.60. The van der Waals surface area contributed by atoms with Crippen LogP contribution in [-0.4, -0.2) is 59.2 Å². The molecule has 1 aromatic carbocycles. The van der Waals surface area contributed by atoms with Crippen molar-refractivity contribution in [1.29, 1.82) is 0 Å². The topological polar surface area (TPSA) is 83.6 Å². The van der Waals surface area contributed by atoms with Gasteiger partial charge in [0.2, 0.25) is 5.91 Å². The zero-order valence-corrected chi connectivity index (χ0v) is 20.7. The number of fused-ring (bicyclic) bond motifs is 1. The summed E-state index contributed by atoms with van der Waals surface area (Å²) in [4.78, 5) is 31.3. The molecule has 1 saturated heterocycles. The van der Waals surface area contributed by atoms with E-state index in [9.17, 15) is 14.0 Å². The second-order valence-electron chi connectivity index (χ2n) is 10.6. The van der Waals surface area contributed by atoms with Crippen molar-refractivity contribution < 1.29 is 18.7 Å². The number of alkyl carbamates (subject to hydrolysis) is 1.